The standard InChI is InChI=1S/C18H18N4O2S/c1-12-10-15(25-11-12)18(23)22-8-5-13(6-9-22)16-20-21-17(24-16)14-4-2-3-7-19-14/h2-4,7,10-11,13H,5-6,8-9H2,1H3. The second kappa shape index (κ2) is 6.76. The van der Waals surface area contributed by atoms with Crippen molar-refractivity contribution in [3.8, 4) is 11.6 Å². The van der Waals surface area contributed by atoms with Crippen molar-refractivity contribution in [3.05, 3.63) is 52.2 Å². The van der Waals surface area contributed by atoms with Crippen LogP contribution in [0.25, 0.3) is 11.6 Å². The normalized spacial score (nSPS) is 15.5. The highest BCUT2D eigenvalue weighted by Gasteiger charge is 2.28. The summed E-state index contributed by atoms with van der Waals surface area (Å²) < 4.78 is 5.81. The van der Waals surface area contributed by atoms with Gasteiger partial charge in [-0.1, -0.05) is 6.07 Å². The lowest BCUT2D eigenvalue weighted by Crippen LogP contribution is -2.37. The zero-order valence-corrected chi connectivity index (χ0v) is 14.7. The van der Waals surface area contributed by atoms with Gasteiger partial charge >= 0.3 is 0 Å². The number of aromatic nitrogens is 3. The van der Waals surface area contributed by atoms with E-state index in [1.807, 2.05) is 41.5 Å². The first kappa shape index (κ1) is 16.0. The van der Waals surface area contributed by atoms with Crippen molar-refractivity contribution in [3.63, 3.8) is 0 Å². The minimum atomic E-state index is 0.122. The highest BCUT2D eigenvalue weighted by atomic mass is 32.1. The molecule has 1 aliphatic heterocycles. The Morgan fingerprint density at radius 2 is 2.12 bits per heavy atom. The van der Waals surface area contributed by atoms with Crippen molar-refractivity contribution in [2.24, 2.45) is 0 Å². The van der Waals surface area contributed by atoms with Gasteiger partial charge in [-0.15, -0.1) is 21.5 Å². The summed E-state index contributed by atoms with van der Waals surface area (Å²) in [5.41, 5.74) is 1.82. The number of piperidine rings is 1. The first-order valence-corrected chi connectivity index (χ1v) is 9.18. The highest BCUT2D eigenvalue weighted by Crippen LogP contribution is 2.30. The third-order valence-corrected chi connectivity index (χ3v) is 5.43. The molecule has 0 unspecified atom stereocenters. The number of hydrogen-bond donors (Lipinski definition) is 0. The van der Waals surface area contributed by atoms with Crippen LogP contribution in [0.3, 0.4) is 0 Å². The molecule has 1 aliphatic rings. The average molecular weight is 354 g/mol. The molecule has 1 saturated heterocycles. The Morgan fingerprint density at radius 1 is 1.28 bits per heavy atom. The van der Waals surface area contributed by atoms with E-state index in [9.17, 15) is 4.79 Å². The van der Waals surface area contributed by atoms with Gasteiger partial charge in [-0.2, -0.15) is 0 Å². The number of thiophene rings is 1. The van der Waals surface area contributed by atoms with Gasteiger partial charge in [0.2, 0.25) is 5.89 Å². The molecule has 0 N–H and O–H groups in total. The molecular weight excluding hydrogens is 336 g/mol. The first-order chi connectivity index (χ1) is 12.2. The third-order valence-electron chi connectivity index (χ3n) is 4.40. The molecule has 1 fully saturated rings. The van der Waals surface area contributed by atoms with Gasteiger partial charge < -0.3 is 9.32 Å². The van der Waals surface area contributed by atoms with Crippen molar-refractivity contribution >= 4 is 17.2 Å². The summed E-state index contributed by atoms with van der Waals surface area (Å²) in [6, 6.07) is 7.54. The maximum atomic E-state index is 12.5. The Labute approximate surface area is 149 Å². The molecule has 3 aromatic heterocycles. The van der Waals surface area contributed by atoms with Crippen LogP contribution in [0.1, 0.15) is 39.9 Å². The van der Waals surface area contributed by atoms with E-state index in [1.54, 1.807) is 6.20 Å². The fourth-order valence-electron chi connectivity index (χ4n) is 3.02. The van der Waals surface area contributed by atoms with Crippen LogP contribution >= 0.6 is 11.3 Å². The van der Waals surface area contributed by atoms with E-state index in [2.05, 4.69) is 15.2 Å². The lowest BCUT2D eigenvalue weighted by molar-refractivity contribution is 0.0711. The van der Waals surface area contributed by atoms with Crippen LogP contribution in [0.15, 0.2) is 40.3 Å². The van der Waals surface area contributed by atoms with Crippen LogP contribution in [0, 0.1) is 6.92 Å². The number of carbonyl (C=O) groups is 1. The van der Waals surface area contributed by atoms with E-state index in [0.29, 0.717) is 30.6 Å². The smallest absolute Gasteiger partial charge is 0.266 e. The molecule has 0 atom stereocenters. The average Bonchev–Trinajstić information content (AvgIpc) is 3.31. The lowest BCUT2D eigenvalue weighted by Gasteiger charge is -2.30. The Balaban J connectivity index is 1.41. The summed E-state index contributed by atoms with van der Waals surface area (Å²) in [6.45, 7) is 3.43. The number of hydrogen-bond acceptors (Lipinski definition) is 6. The zero-order valence-electron chi connectivity index (χ0n) is 13.9. The molecule has 0 saturated carbocycles. The summed E-state index contributed by atoms with van der Waals surface area (Å²) >= 11 is 1.51. The predicted molar refractivity (Wildman–Crippen MR) is 94.5 cm³/mol. The van der Waals surface area contributed by atoms with Gasteiger partial charge in [0, 0.05) is 25.2 Å². The molecule has 25 heavy (non-hydrogen) atoms. The van der Waals surface area contributed by atoms with Crippen molar-refractivity contribution in [2.45, 2.75) is 25.7 Å². The highest BCUT2D eigenvalue weighted by molar-refractivity contribution is 7.12. The summed E-state index contributed by atoms with van der Waals surface area (Å²) in [5, 5.41) is 10.3. The number of likely N-dealkylation sites (tertiary alicyclic amines) is 1. The number of amides is 1. The van der Waals surface area contributed by atoms with Crippen molar-refractivity contribution in [1.29, 1.82) is 0 Å². The maximum absolute atomic E-state index is 12.5. The molecule has 6 nitrogen and oxygen atoms in total. The Bertz CT molecular complexity index is 866. The third kappa shape index (κ3) is 3.32. The number of nitrogens with zero attached hydrogens (tertiary/aromatic N) is 4. The van der Waals surface area contributed by atoms with E-state index in [0.717, 1.165) is 23.3 Å². The quantitative estimate of drug-likeness (QED) is 0.719. The van der Waals surface area contributed by atoms with Gasteiger partial charge in [0.15, 0.2) is 0 Å². The maximum Gasteiger partial charge on any atom is 0.266 e. The fraction of sp³-hybridized carbons (Fsp3) is 0.333. The topological polar surface area (TPSA) is 72.1 Å². The molecule has 0 spiro atoms. The molecule has 0 bridgehead atoms. The van der Waals surface area contributed by atoms with Crippen LogP contribution in [-0.4, -0.2) is 39.1 Å². The van der Waals surface area contributed by atoms with Gasteiger partial charge in [-0.05, 0) is 48.9 Å². The summed E-state index contributed by atoms with van der Waals surface area (Å²) in [7, 11) is 0. The number of aryl methyl sites for hydroxylation is 1. The molecular formula is C18H18N4O2S. The second-order valence-corrected chi connectivity index (χ2v) is 7.13. The van der Waals surface area contributed by atoms with Gasteiger partial charge in [0.1, 0.15) is 5.69 Å². The second-order valence-electron chi connectivity index (χ2n) is 6.22. The van der Waals surface area contributed by atoms with E-state index >= 15 is 0 Å². The molecule has 0 aromatic carbocycles. The predicted octanol–water partition coefficient (Wildman–Crippen LogP) is 3.52. The molecule has 3 aromatic rings. The van der Waals surface area contributed by atoms with Crippen LogP contribution in [0.5, 0.6) is 0 Å². The summed E-state index contributed by atoms with van der Waals surface area (Å²) in [6.07, 6.45) is 3.37. The van der Waals surface area contributed by atoms with Crippen LogP contribution in [0.4, 0.5) is 0 Å². The Kier molecular flexibility index (Phi) is 4.31. The van der Waals surface area contributed by atoms with Gasteiger partial charge in [0.25, 0.3) is 11.8 Å². The number of rotatable bonds is 3. The molecule has 0 radical (unpaired) electrons. The van der Waals surface area contributed by atoms with Crippen LogP contribution < -0.4 is 0 Å². The molecule has 7 heteroatoms. The lowest BCUT2D eigenvalue weighted by atomic mass is 9.97. The van der Waals surface area contributed by atoms with E-state index in [-0.39, 0.29) is 11.8 Å². The SMILES string of the molecule is Cc1csc(C(=O)N2CCC(c3nnc(-c4ccccn4)o3)CC2)c1. The van der Waals surface area contributed by atoms with E-state index in [4.69, 9.17) is 4.42 Å². The van der Waals surface area contributed by atoms with E-state index < -0.39 is 0 Å². The van der Waals surface area contributed by atoms with Crippen molar-refractivity contribution in [2.75, 3.05) is 13.1 Å². The summed E-state index contributed by atoms with van der Waals surface area (Å²) in [4.78, 5) is 19.5. The Morgan fingerprint density at radius 3 is 2.80 bits per heavy atom. The minimum Gasteiger partial charge on any atom is -0.419 e. The first-order valence-electron chi connectivity index (χ1n) is 8.30. The van der Waals surface area contributed by atoms with Crippen molar-refractivity contribution < 1.29 is 9.21 Å². The molecule has 1 amide bonds. The van der Waals surface area contributed by atoms with Crippen LogP contribution in [0.2, 0.25) is 0 Å². The number of carbonyl (C=O) groups excluding carboxylic acids is 1. The number of pyridine rings is 1. The summed E-state index contributed by atoms with van der Waals surface area (Å²) in [5.74, 6) is 1.40. The van der Waals surface area contributed by atoms with Crippen molar-refractivity contribution in [1.82, 2.24) is 20.1 Å². The molecule has 4 rings (SSSR count). The largest absolute Gasteiger partial charge is 0.419 e. The minimum absolute atomic E-state index is 0.122. The molecule has 0 aliphatic carbocycles. The monoisotopic (exact) mass is 354 g/mol. The van der Waals surface area contributed by atoms with Gasteiger partial charge in [-0.3, -0.25) is 9.78 Å². The van der Waals surface area contributed by atoms with Crippen LogP contribution in [-0.2, 0) is 0 Å². The van der Waals surface area contributed by atoms with Gasteiger partial charge in [-0.25, -0.2) is 0 Å². The van der Waals surface area contributed by atoms with E-state index in [1.165, 1.54) is 11.3 Å². The van der Waals surface area contributed by atoms with Gasteiger partial charge in [0.05, 0.1) is 4.88 Å². The Hall–Kier alpha value is -2.54. The fourth-order valence-corrected chi connectivity index (χ4v) is 3.89. The zero-order chi connectivity index (χ0) is 17.2. The molecule has 4 heterocycles. The molecule has 128 valence electrons.